The molecule has 2 aromatic rings. The first-order chi connectivity index (χ1) is 9.60. The Bertz CT molecular complexity index is 604. The molecule has 3 N–H and O–H groups in total. The van der Waals surface area contributed by atoms with Crippen LogP contribution < -0.4 is 5.32 Å². The maximum Gasteiger partial charge on any atom is 0.128 e. The third-order valence-corrected chi connectivity index (χ3v) is 3.73. The second-order valence-electron chi connectivity index (χ2n) is 4.46. The molecule has 3 nitrogen and oxygen atoms in total. The summed E-state index contributed by atoms with van der Waals surface area (Å²) in [6.45, 7) is 0.813. The van der Waals surface area contributed by atoms with E-state index >= 15 is 0 Å². The molecule has 0 unspecified atom stereocenters. The van der Waals surface area contributed by atoms with Crippen molar-refractivity contribution in [2.24, 2.45) is 0 Å². The molecule has 0 aliphatic carbocycles. The Balaban J connectivity index is 1.97. The van der Waals surface area contributed by atoms with Crippen LogP contribution in [-0.4, -0.2) is 10.2 Å². The number of hydrogen-bond acceptors (Lipinski definition) is 3. The van der Waals surface area contributed by atoms with Gasteiger partial charge in [-0.1, -0.05) is 22.0 Å². The van der Waals surface area contributed by atoms with Gasteiger partial charge in [-0.3, -0.25) is 0 Å². The molecule has 0 saturated carbocycles. The van der Waals surface area contributed by atoms with Gasteiger partial charge in [0.25, 0.3) is 0 Å². The molecule has 0 radical (unpaired) electrons. The molecule has 106 valence electrons. The van der Waals surface area contributed by atoms with Crippen molar-refractivity contribution in [3.8, 4) is 5.75 Å². The number of phenols is 1. The van der Waals surface area contributed by atoms with Crippen LogP contribution in [0.15, 0.2) is 40.9 Å². The van der Waals surface area contributed by atoms with Gasteiger partial charge in [0.05, 0.1) is 6.61 Å². The van der Waals surface area contributed by atoms with Crippen molar-refractivity contribution < 1.29 is 14.6 Å². The number of benzene rings is 2. The molecular weight excluding hydrogens is 325 g/mol. The van der Waals surface area contributed by atoms with E-state index in [4.69, 9.17) is 5.11 Å². The predicted octanol–water partition coefficient (Wildman–Crippen LogP) is 3.08. The summed E-state index contributed by atoms with van der Waals surface area (Å²) in [5, 5.41) is 21.7. The van der Waals surface area contributed by atoms with Crippen LogP contribution in [0.25, 0.3) is 0 Å². The fourth-order valence-corrected chi connectivity index (χ4v) is 2.28. The topological polar surface area (TPSA) is 52.5 Å². The minimum absolute atomic E-state index is 0.217. The summed E-state index contributed by atoms with van der Waals surface area (Å²) in [5.41, 5.74) is 2.13. The molecule has 2 rings (SSSR count). The van der Waals surface area contributed by atoms with Crippen molar-refractivity contribution in [3.05, 3.63) is 63.4 Å². The number of aromatic hydroxyl groups is 1. The molecule has 0 spiro atoms. The fraction of sp³-hybridized carbons (Fsp3) is 0.200. The van der Waals surface area contributed by atoms with E-state index in [1.807, 2.05) is 0 Å². The number of halogens is 2. The van der Waals surface area contributed by atoms with Gasteiger partial charge in [-0.2, -0.15) is 0 Å². The largest absolute Gasteiger partial charge is 0.508 e. The van der Waals surface area contributed by atoms with Crippen molar-refractivity contribution in [2.75, 3.05) is 0 Å². The number of hydrogen-bond donors (Lipinski definition) is 3. The highest BCUT2D eigenvalue weighted by atomic mass is 79.9. The molecule has 0 bridgehead atoms. The van der Waals surface area contributed by atoms with E-state index < -0.39 is 5.82 Å². The summed E-state index contributed by atoms with van der Waals surface area (Å²) in [6, 6.07) is 9.75. The normalized spacial score (nSPS) is 10.8. The van der Waals surface area contributed by atoms with Gasteiger partial charge in [0.15, 0.2) is 0 Å². The molecule has 0 aromatic heterocycles. The quantitative estimate of drug-likeness (QED) is 0.784. The highest BCUT2D eigenvalue weighted by Gasteiger charge is 2.04. The van der Waals surface area contributed by atoms with Gasteiger partial charge in [0.1, 0.15) is 11.6 Å². The van der Waals surface area contributed by atoms with Crippen molar-refractivity contribution in [3.63, 3.8) is 0 Å². The number of phenolic OH excluding ortho intramolecular Hbond substituents is 1. The summed E-state index contributed by atoms with van der Waals surface area (Å²) in [5.74, 6) is -0.179. The number of aliphatic hydroxyl groups excluding tert-OH is 1. The van der Waals surface area contributed by atoms with Crippen LogP contribution in [0.2, 0.25) is 0 Å². The Kier molecular flexibility index (Phi) is 5.11. The van der Waals surface area contributed by atoms with Crippen LogP contribution in [0.5, 0.6) is 5.75 Å². The van der Waals surface area contributed by atoms with E-state index in [0.717, 1.165) is 15.6 Å². The van der Waals surface area contributed by atoms with Crippen LogP contribution in [0.1, 0.15) is 16.7 Å². The minimum Gasteiger partial charge on any atom is -0.508 e. The van der Waals surface area contributed by atoms with Crippen molar-refractivity contribution in [1.29, 1.82) is 0 Å². The zero-order valence-corrected chi connectivity index (χ0v) is 12.3. The maximum atomic E-state index is 13.2. The lowest BCUT2D eigenvalue weighted by atomic mass is 10.1. The zero-order valence-electron chi connectivity index (χ0n) is 10.7. The lowest BCUT2D eigenvalue weighted by Gasteiger charge is -2.09. The molecule has 0 atom stereocenters. The molecule has 2 aromatic carbocycles. The third kappa shape index (κ3) is 3.79. The van der Waals surface area contributed by atoms with Gasteiger partial charge in [-0.15, -0.1) is 0 Å². The Hall–Kier alpha value is -1.43. The molecule has 0 amide bonds. The second-order valence-corrected chi connectivity index (χ2v) is 5.32. The molecule has 0 heterocycles. The molecule has 5 heteroatoms. The molecule has 0 fully saturated rings. The summed E-state index contributed by atoms with van der Waals surface area (Å²) >= 11 is 3.42. The van der Waals surface area contributed by atoms with Crippen LogP contribution in [0.4, 0.5) is 4.39 Å². The average molecular weight is 340 g/mol. The molecule has 0 aliphatic rings. The van der Waals surface area contributed by atoms with Gasteiger partial charge in [0.2, 0.25) is 0 Å². The Morgan fingerprint density at radius 2 is 1.85 bits per heavy atom. The summed E-state index contributed by atoms with van der Waals surface area (Å²) in [7, 11) is 0. The molecule has 0 aliphatic heterocycles. The zero-order chi connectivity index (χ0) is 14.5. The highest BCUT2D eigenvalue weighted by Crippen LogP contribution is 2.21. The highest BCUT2D eigenvalue weighted by molar-refractivity contribution is 9.10. The van der Waals surface area contributed by atoms with Crippen LogP contribution >= 0.6 is 15.9 Å². The monoisotopic (exact) mass is 339 g/mol. The summed E-state index contributed by atoms with van der Waals surface area (Å²) in [4.78, 5) is 0. The number of rotatable bonds is 5. The first-order valence-electron chi connectivity index (χ1n) is 6.16. The Morgan fingerprint density at radius 1 is 1.05 bits per heavy atom. The fourth-order valence-electron chi connectivity index (χ4n) is 1.90. The van der Waals surface area contributed by atoms with Crippen LogP contribution in [0.3, 0.4) is 0 Å². The van der Waals surface area contributed by atoms with Gasteiger partial charge in [-0.25, -0.2) is 4.39 Å². The lowest BCUT2D eigenvalue weighted by molar-refractivity contribution is 0.275. The third-order valence-electron chi connectivity index (χ3n) is 2.95. The first-order valence-corrected chi connectivity index (χ1v) is 6.95. The minimum atomic E-state index is -0.396. The summed E-state index contributed by atoms with van der Waals surface area (Å²) in [6.07, 6.45) is 0. The van der Waals surface area contributed by atoms with Crippen molar-refractivity contribution >= 4 is 15.9 Å². The van der Waals surface area contributed by atoms with Gasteiger partial charge in [0, 0.05) is 23.1 Å². The van der Waals surface area contributed by atoms with Gasteiger partial charge < -0.3 is 15.5 Å². The van der Waals surface area contributed by atoms with E-state index in [9.17, 15) is 9.50 Å². The van der Waals surface area contributed by atoms with Crippen LogP contribution in [0, 0.1) is 5.82 Å². The van der Waals surface area contributed by atoms with E-state index in [1.54, 1.807) is 30.3 Å². The standard InChI is InChI=1S/C15H15BrFNO2/c16-14-3-2-13(20)6-11(14)8-18-7-10-1-4-15(17)12(5-10)9-19/h1-6,18-20H,7-9H2. The SMILES string of the molecule is OCc1cc(CNCc2cc(O)ccc2Br)ccc1F. The Morgan fingerprint density at radius 3 is 2.60 bits per heavy atom. The van der Waals surface area contributed by atoms with Crippen LogP contribution in [-0.2, 0) is 19.7 Å². The number of aliphatic hydroxyl groups is 1. The maximum absolute atomic E-state index is 13.2. The average Bonchev–Trinajstić information content (AvgIpc) is 2.44. The molecule has 20 heavy (non-hydrogen) atoms. The summed E-state index contributed by atoms with van der Waals surface area (Å²) < 4.78 is 14.2. The Labute approximate surface area is 125 Å². The van der Waals surface area contributed by atoms with E-state index in [-0.39, 0.29) is 12.4 Å². The lowest BCUT2D eigenvalue weighted by Crippen LogP contribution is -2.13. The molecule has 0 saturated heterocycles. The van der Waals surface area contributed by atoms with Crippen molar-refractivity contribution in [2.45, 2.75) is 19.7 Å². The first kappa shape index (κ1) is 15.0. The van der Waals surface area contributed by atoms with Gasteiger partial charge in [-0.05, 0) is 41.5 Å². The van der Waals surface area contributed by atoms with E-state index in [2.05, 4.69) is 21.2 Å². The predicted molar refractivity (Wildman–Crippen MR) is 78.7 cm³/mol. The molecular formula is C15H15BrFNO2. The number of nitrogens with one attached hydrogen (secondary N) is 1. The van der Waals surface area contributed by atoms with E-state index in [0.29, 0.717) is 18.7 Å². The van der Waals surface area contributed by atoms with E-state index in [1.165, 1.54) is 6.07 Å². The van der Waals surface area contributed by atoms with Crippen molar-refractivity contribution in [1.82, 2.24) is 5.32 Å². The smallest absolute Gasteiger partial charge is 0.128 e. The second kappa shape index (κ2) is 6.83. The van der Waals surface area contributed by atoms with Gasteiger partial charge >= 0.3 is 0 Å².